The van der Waals surface area contributed by atoms with Crippen LogP contribution >= 0.6 is 0 Å². The summed E-state index contributed by atoms with van der Waals surface area (Å²) in [5, 5.41) is 16.8. The third-order valence-electron chi connectivity index (χ3n) is 1.86. The van der Waals surface area contributed by atoms with Crippen molar-refractivity contribution >= 4 is 23.4 Å². The van der Waals surface area contributed by atoms with E-state index < -0.39 is 0 Å². The molecule has 0 aliphatic heterocycles. The van der Waals surface area contributed by atoms with Crippen molar-refractivity contribution in [3.05, 3.63) is 34.1 Å². The van der Waals surface area contributed by atoms with Gasteiger partial charge >= 0.3 is 0 Å². The van der Waals surface area contributed by atoms with Crippen LogP contribution in [0.3, 0.4) is 0 Å². The van der Waals surface area contributed by atoms with Crippen molar-refractivity contribution in [2.75, 3.05) is 0 Å². The summed E-state index contributed by atoms with van der Waals surface area (Å²) in [5.74, 6) is 0. The summed E-state index contributed by atoms with van der Waals surface area (Å²) in [6, 6.07) is 6.96. The lowest BCUT2D eigenvalue weighted by atomic mass is 10.1. The summed E-state index contributed by atoms with van der Waals surface area (Å²) in [6.45, 7) is 3.65. The quantitative estimate of drug-likeness (QED) is 0.634. The lowest BCUT2D eigenvalue weighted by Gasteiger charge is -2.11. The Labute approximate surface area is 82.1 Å². The van der Waals surface area contributed by atoms with E-state index in [-0.39, 0.29) is 0 Å². The van der Waals surface area contributed by atoms with Crippen LogP contribution in [0.5, 0.6) is 0 Å². The zero-order chi connectivity index (χ0) is 10.6. The topological polar surface area (TPSA) is 69.3 Å². The Bertz CT molecular complexity index is 406. The predicted molar refractivity (Wildman–Crippen MR) is 56.8 cm³/mol. The second-order valence-corrected chi connectivity index (χ2v) is 2.85. The molecule has 0 aromatic heterocycles. The largest absolute Gasteiger partial charge is 0.422 e. The summed E-state index contributed by atoms with van der Waals surface area (Å²) < 4.78 is 0. The highest BCUT2D eigenvalue weighted by molar-refractivity contribution is 5.66. The lowest BCUT2D eigenvalue weighted by molar-refractivity contribution is 1.33. The lowest BCUT2D eigenvalue weighted by Crippen LogP contribution is -1.79. The smallest absolute Gasteiger partial charge is 0.0324 e. The highest BCUT2D eigenvalue weighted by Crippen LogP contribution is 2.27. The van der Waals surface area contributed by atoms with Crippen LogP contribution in [0.15, 0.2) is 22.1 Å². The minimum atomic E-state index is 0.627. The molecule has 0 heterocycles. The average Bonchev–Trinajstić information content (AvgIpc) is 2.14. The summed E-state index contributed by atoms with van der Waals surface area (Å²) in [7, 11) is 0. The third kappa shape index (κ3) is 2.02. The van der Waals surface area contributed by atoms with Crippen molar-refractivity contribution < 1.29 is 0 Å². The fourth-order valence-electron chi connectivity index (χ4n) is 1.13. The Morgan fingerprint density at radius 1 is 0.929 bits per heavy atom. The molecule has 14 heavy (non-hydrogen) atoms. The highest BCUT2D eigenvalue weighted by atomic mass is 14.8. The van der Waals surface area contributed by atoms with Gasteiger partial charge in [0.15, 0.2) is 0 Å². The predicted octanol–water partition coefficient (Wildman–Crippen LogP) is 3.05. The van der Waals surface area contributed by atoms with Crippen LogP contribution in [0.25, 0.3) is 10.8 Å². The van der Waals surface area contributed by atoms with Gasteiger partial charge in [-0.3, -0.25) is 0 Å². The molecule has 4 nitrogen and oxygen atoms in total. The molecule has 0 unspecified atom stereocenters. The fraction of sp³-hybridized carbons (Fsp3) is 0.200. The van der Waals surface area contributed by atoms with Crippen LogP contribution in [0, 0.1) is 13.8 Å². The first-order valence-electron chi connectivity index (χ1n) is 4.00. The van der Waals surface area contributed by atoms with E-state index in [1.807, 2.05) is 13.8 Å². The molecule has 1 aromatic carbocycles. The molecule has 0 saturated carbocycles. The molecule has 0 aliphatic carbocycles. The number of benzene rings is 1. The normalized spacial score (nSPS) is 8.71. The van der Waals surface area contributed by atoms with E-state index in [4.69, 9.17) is 10.8 Å². The van der Waals surface area contributed by atoms with Gasteiger partial charge in [-0.05, 0) is 36.3 Å². The number of hydrogen-bond acceptors (Lipinski definition) is 2. The van der Waals surface area contributed by atoms with Gasteiger partial charge in [0.1, 0.15) is 0 Å². The van der Waals surface area contributed by atoms with E-state index in [9.17, 15) is 0 Å². The molecule has 70 valence electrons. The second kappa shape index (κ2) is 4.28. The van der Waals surface area contributed by atoms with Gasteiger partial charge in [-0.1, -0.05) is 12.1 Å². The van der Waals surface area contributed by atoms with Gasteiger partial charge in [0, 0.05) is 0 Å². The number of aryl methyl sites for hydroxylation is 2. The Morgan fingerprint density at radius 2 is 1.29 bits per heavy atom. The molecule has 4 heteroatoms. The molecular weight excluding hydrogens is 176 g/mol. The van der Waals surface area contributed by atoms with Crippen LogP contribution in [0.4, 0.5) is 11.4 Å². The van der Waals surface area contributed by atoms with E-state index in [2.05, 4.69) is 9.98 Å². The Balaban J connectivity index is 3.37. The minimum absolute atomic E-state index is 0.627. The zero-order valence-corrected chi connectivity index (χ0v) is 7.94. The SMILES string of the molecule is Cc1cc(N=C=[N-])c(C)cc1N=C=[N-]. The number of hydrogen-bond donors (Lipinski definition) is 0. The molecule has 1 aromatic rings. The van der Waals surface area contributed by atoms with Crippen LogP contribution < -0.4 is 0 Å². The second-order valence-electron chi connectivity index (χ2n) is 2.85. The number of nitrogens with zero attached hydrogens (tertiary/aromatic N) is 4. The van der Waals surface area contributed by atoms with E-state index in [0.717, 1.165) is 11.1 Å². The van der Waals surface area contributed by atoms with Crippen molar-refractivity contribution in [2.24, 2.45) is 9.98 Å². The standard InChI is InChI=1S/C10H8N4/c1-7-3-10(14-6-12)8(2)4-9(7)13-5-11/h3-4H,1-2H3/q-2. The van der Waals surface area contributed by atoms with Crippen LogP contribution in [-0.2, 0) is 0 Å². The molecule has 0 spiro atoms. The summed E-state index contributed by atoms with van der Waals surface area (Å²) in [4.78, 5) is 7.30. The van der Waals surface area contributed by atoms with E-state index in [1.165, 1.54) is 0 Å². The van der Waals surface area contributed by atoms with E-state index in [1.54, 1.807) is 24.1 Å². The van der Waals surface area contributed by atoms with Crippen molar-refractivity contribution in [1.29, 1.82) is 0 Å². The summed E-state index contributed by atoms with van der Waals surface area (Å²) in [5.41, 5.74) is 2.93. The van der Waals surface area contributed by atoms with E-state index in [0.29, 0.717) is 11.4 Å². The Morgan fingerprint density at radius 3 is 1.57 bits per heavy atom. The highest BCUT2D eigenvalue weighted by Gasteiger charge is 1.95. The molecule has 0 bridgehead atoms. The van der Waals surface area contributed by atoms with Gasteiger partial charge in [0.05, 0.1) is 0 Å². The third-order valence-corrected chi connectivity index (χ3v) is 1.86. The summed E-state index contributed by atoms with van der Waals surface area (Å²) in [6.07, 6.45) is 0. The molecule has 1 rings (SSSR count). The van der Waals surface area contributed by atoms with Gasteiger partial charge in [-0.15, -0.1) is 0 Å². The molecule has 0 N–H and O–H groups in total. The monoisotopic (exact) mass is 184 g/mol. The molecule has 0 radical (unpaired) electrons. The average molecular weight is 184 g/mol. The Hall–Kier alpha value is -2.02. The van der Waals surface area contributed by atoms with Crippen molar-refractivity contribution in [3.8, 4) is 0 Å². The molecule has 0 amide bonds. The van der Waals surface area contributed by atoms with Crippen LogP contribution in [-0.4, -0.2) is 12.0 Å². The number of aliphatic imine (C=N–C) groups is 2. The van der Waals surface area contributed by atoms with E-state index >= 15 is 0 Å². The van der Waals surface area contributed by atoms with Crippen LogP contribution in [0.2, 0.25) is 0 Å². The number of rotatable bonds is 2. The fourth-order valence-corrected chi connectivity index (χ4v) is 1.13. The van der Waals surface area contributed by atoms with Crippen LogP contribution in [0.1, 0.15) is 11.1 Å². The summed E-state index contributed by atoms with van der Waals surface area (Å²) >= 11 is 0. The van der Waals surface area contributed by atoms with Gasteiger partial charge < -0.3 is 20.8 Å². The first kappa shape index (κ1) is 10.1. The van der Waals surface area contributed by atoms with Crippen molar-refractivity contribution in [2.45, 2.75) is 13.8 Å². The maximum absolute atomic E-state index is 8.42. The van der Waals surface area contributed by atoms with Gasteiger partial charge in [0.25, 0.3) is 0 Å². The Kier molecular flexibility index (Phi) is 3.08. The molecule has 0 atom stereocenters. The zero-order valence-electron chi connectivity index (χ0n) is 7.94. The first-order valence-corrected chi connectivity index (χ1v) is 4.00. The van der Waals surface area contributed by atoms with Crippen molar-refractivity contribution in [1.82, 2.24) is 0 Å². The maximum atomic E-state index is 8.42. The molecule has 0 saturated heterocycles. The van der Waals surface area contributed by atoms with Gasteiger partial charge in [-0.25, -0.2) is 0 Å². The van der Waals surface area contributed by atoms with Gasteiger partial charge in [0.2, 0.25) is 0 Å². The molecular formula is C10H8N4-2. The van der Waals surface area contributed by atoms with Crippen molar-refractivity contribution in [3.63, 3.8) is 0 Å². The molecule has 0 aliphatic rings. The minimum Gasteiger partial charge on any atom is -0.422 e. The maximum Gasteiger partial charge on any atom is -0.0324 e. The molecule has 0 fully saturated rings. The van der Waals surface area contributed by atoms with Gasteiger partial charge in [-0.2, -0.15) is 12.0 Å². The first-order chi connectivity index (χ1) is 6.69.